The summed E-state index contributed by atoms with van der Waals surface area (Å²) in [4.78, 5) is 12.3. The highest BCUT2D eigenvalue weighted by molar-refractivity contribution is 7.99. The van der Waals surface area contributed by atoms with Crippen molar-refractivity contribution >= 4 is 34.3 Å². The van der Waals surface area contributed by atoms with Crippen LogP contribution in [-0.2, 0) is 0 Å². The molecule has 0 saturated heterocycles. The second-order valence-corrected chi connectivity index (χ2v) is 4.99. The zero-order valence-electron chi connectivity index (χ0n) is 8.83. The average Bonchev–Trinajstić information content (AvgIpc) is 2.26. The number of rotatable bonds is 3. The molecular weight excluding hydrogens is 244 g/mol. The topological polar surface area (TPSA) is 30.2 Å². The lowest BCUT2D eigenvalue weighted by Crippen LogP contribution is -1.97. The van der Waals surface area contributed by atoms with Crippen LogP contribution < -0.4 is 5.63 Å². The van der Waals surface area contributed by atoms with E-state index in [1.165, 1.54) is 6.07 Å². The molecule has 0 bridgehead atoms. The van der Waals surface area contributed by atoms with Crippen LogP contribution in [0.4, 0.5) is 0 Å². The van der Waals surface area contributed by atoms with Crippen LogP contribution in [0.15, 0.2) is 38.4 Å². The normalized spacial score (nSPS) is 10.9. The molecule has 1 aromatic carbocycles. The molecule has 0 unspecified atom stereocenters. The first kappa shape index (κ1) is 11.6. The smallest absolute Gasteiger partial charge is 0.337 e. The molecule has 0 atom stereocenters. The molecule has 0 fully saturated rings. The summed E-state index contributed by atoms with van der Waals surface area (Å²) in [5, 5.41) is 1.56. The fourth-order valence-corrected chi connectivity index (χ4v) is 2.53. The van der Waals surface area contributed by atoms with Crippen molar-refractivity contribution in [2.45, 2.75) is 18.2 Å². The van der Waals surface area contributed by atoms with Gasteiger partial charge in [0.15, 0.2) is 0 Å². The number of hydrogen-bond donors (Lipinski definition) is 0. The zero-order valence-corrected chi connectivity index (χ0v) is 10.4. The van der Waals surface area contributed by atoms with Crippen molar-refractivity contribution in [3.05, 3.63) is 39.7 Å². The van der Waals surface area contributed by atoms with Gasteiger partial charge in [-0.3, -0.25) is 0 Å². The number of halogens is 1. The SMILES string of the molecule is CCCSc1cc(=O)oc2ccc(Cl)cc12. The Morgan fingerprint density at radius 2 is 2.19 bits per heavy atom. The van der Waals surface area contributed by atoms with Gasteiger partial charge in [0.2, 0.25) is 0 Å². The van der Waals surface area contributed by atoms with Crippen molar-refractivity contribution in [3.63, 3.8) is 0 Å². The van der Waals surface area contributed by atoms with Crippen molar-refractivity contribution in [3.8, 4) is 0 Å². The molecule has 0 saturated carbocycles. The molecule has 0 aliphatic carbocycles. The minimum Gasteiger partial charge on any atom is -0.423 e. The van der Waals surface area contributed by atoms with Gasteiger partial charge in [-0.15, -0.1) is 11.8 Å². The second kappa shape index (κ2) is 4.93. The molecule has 1 heterocycles. The van der Waals surface area contributed by atoms with Crippen LogP contribution >= 0.6 is 23.4 Å². The lowest BCUT2D eigenvalue weighted by molar-refractivity contribution is 0.557. The van der Waals surface area contributed by atoms with Gasteiger partial charge in [-0.25, -0.2) is 4.79 Å². The zero-order chi connectivity index (χ0) is 11.5. The lowest BCUT2D eigenvalue weighted by atomic mass is 10.2. The molecule has 2 aromatic rings. The summed E-state index contributed by atoms with van der Waals surface area (Å²) in [7, 11) is 0. The van der Waals surface area contributed by atoms with Crippen molar-refractivity contribution in [2.24, 2.45) is 0 Å². The highest BCUT2D eigenvalue weighted by atomic mass is 35.5. The van der Waals surface area contributed by atoms with Gasteiger partial charge in [0.25, 0.3) is 0 Å². The monoisotopic (exact) mass is 254 g/mol. The molecule has 4 heteroatoms. The predicted octanol–water partition coefficient (Wildman–Crippen LogP) is 3.95. The molecule has 0 aliphatic rings. The Bertz CT molecular complexity index is 562. The lowest BCUT2D eigenvalue weighted by Gasteiger charge is -2.04. The van der Waals surface area contributed by atoms with E-state index in [4.69, 9.17) is 16.0 Å². The fourth-order valence-electron chi connectivity index (χ4n) is 1.44. The minimum atomic E-state index is -0.312. The van der Waals surface area contributed by atoms with Crippen LogP contribution in [0, 0.1) is 0 Å². The Hall–Kier alpha value is -0.930. The highest BCUT2D eigenvalue weighted by Gasteiger charge is 2.06. The third-order valence-electron chi connectivity index (χ3n) is 2.13. The quantitative estimate of drug-likeness (QED) is 0.614. The number of hydrogen-bond acceptors (Lipinski definition) is 3. The molecule has 0 radical (unpaired) electrons. The van der Waals surface area contributed by atoms with E-state index in [0.717, 1.165) is 22.5 Å². The maximum absolute atomic E-state index is 11.3. The molecular formula is C12H11ClO2S. The molecule has 0 aliphatic heterocycles. The third kappa shape index (κ3) is 2.42. The molecule has 2 rings (SSSR count). The van der Waals surface area contributed by atoms with Crippen LogP contribution in [0.2, 0.25) is 5.02 Å². The predicted molar refractivity (Wildman–Crippen MR) is 68.5 cm³/mol. The van der Waals surface area contributed by atoms with Gasteiger partial charge in [-0.2, -0.15) is 0 Å². The number of fused-ring (bicyclic) bond motifs is 1. The minimum absolute atomic E-state index is 0.312. The number of benzene rings is 1. The largest absolute Gasteiger partial charge is 0.423 e. The van der Waals surface area contributed by atoms with Crippen LogP contribution in [0.3, 0.4) is 0 Å². The van der Waals surface area contributed by atoms with Gasteiger partial charge < -0.3 is 4.42 Å². The average molecular weight is 255 g/mol. The maximum Gasteiger partial charge on any atom is 0.337 e. The summed E-state index contributed by atoms with van der Waals surface area (Å²) in [6, 6.07) is 6.81. The Balaban J connectivity index is 2.60. The number of thioether (sulfide) groups is 1. The van der Waals surface area contributed by atoms with Crippen LogP contribution in [0.1, 0.15) is 13.3 Å². The van der Waals surface area contributed by atoms with Crippen LogP contribution in [0.25, 0.3) is 11.0 Å². The summed E-state index contributed by atoms with van der Waals surface area (Å²) in [6.45, 7) is 2.10. The maximum atomic E-state index is 11.3. The Labute approximate surface area is 103 Å². The van der Waals surface area contributed by atoms with E-state index in [-0.39, 0.29) is 5.63 Å². The van der Waals surface area contributed by atoms with Crippen LogP contribution in [-0.4, -0.2) is 5.75 Å². The molecule has 84 valence electrons. The van der Waals surface area contributed by atoms with Gasteiger partial charge in [-0.05, 0) is 30.4 Å². The fraction of sp³-hybridized carbons (Fsp3) is 0.250. The van der Waals surface area contributed by atoms with Gasteiger partial charge >= 0.3 is 5.63 Å². The van der Waals surface area contributed by atoms with Gasteiger partial charge in [0, 0.05) is 21.4 Å². The van der Waals surface area contributed by atoms with Gasteiger partial charge in [0.1, 0.15) is 5.58 Å². The molecule has 0 amide bonds. The van der Waals surface area contributed by atoms with E-state index < -0.39 is 0 Å². The molecule has 1 aromatic heterocycles. The van der Waals surface area contributed by atoms with Crippen molar-refractivity contribution in [2.75, 3.05) is 5.75 Å². The van der Waals surface area contributed by atoms with Crippen LogP contribution in [0.5, 0.6) is 0 Å². The standard InChI is InChI=1S/C12H11ClO2S/c1-2-5-16-11-7-12(14)15-10-4-3-8(13)6-9(10)11/h3-4,6-7H,2,5H2,1H3. The third-order valence-corrected chi connectivity index (χ3v) is 3.62. The Morgan fingerprint density at radius 1 is 1.38 bits per heavy atom. The van der Waals surface area contributed by atoms with Gasteiger partial charge in [0.05, 0.1) is 0 Å². The molecule has 2 nitrogen and oxygen atoms in total. The summed E-state index contributed by atoms with van der Waals surface area (Å²) in [5.41, 5.74) is 0.281. The summed E-state index contributed by atoms with van der Waals surface area (Å²) < 4.78 is 5.11. The molecule has 16 heavy (non-hydrogen) atoms. The van der Waals surface area contributed by atoms with E-state index in [1.807, 2.05) is 6.07 Å². The van der Waals surface area contributed by atoms with E-state index in [1.54, 1.807) is 23.9 Å². The van der Waals surface area contributed by atoms with Crippen molar-refractivity contribution in [1.82, 2.24) is 0 Å². The summed E-state index contributed by atoms with van der Waals surface area (Å²) in [6.07, 6.45) is 1.06. The molecule has 0 spiro atoms. The Morgan fingerprint density at radius 3 is 2.94 bits per heavy atom. The van der Waals surface area contributed by atoms with E-state index in [9.17, 15) is 4.79 Å². The van der Waals surface area contributed by atoms with Gasteiger partial charge in [-0.1, -0.05) is 18.5 Å². The first-order valence-corrected chi connectivity index (χ1v) is 6.43. The van der Waals surface area contributed by atoms with E-state index in [2.05, 4.69) is 6.92 Å². The summed E-state index contributed by atoms with van der Waals surface area (Å²) in [5.74, 6) is 0.977. The van der Waals surface area contributed by atoms with Crippen molar-refractivity contribution < 1.29 is 4.42 Å². The highest BCUT2D eigenvalue weighted by Crippen LogP contribution is 2.28. The Kier molecular flexibility index (Phi) is 3.56. The summed E-state index contributed by atoms with van der Waals surface area (Å²) >= 11 is 7.59. The van der Waals surface area contributed by atoms with Crippen molar-refractivity contribution in [1.29, 1.82) is 0 Å². The first-order valence-electron chi connectivity index (χ1n) is 5.07. The van der Waals surface area contributed by atoms with E-state index >= 15 is 0 Å². The first-order chi connectivity index (χ1) is 7.70. The van der Waals surface area contributed by atoms with E-state index in [0.29, 0.717) is 10.6 Å². The second-order valence-electron chi connectivity index (χ2n) is 3.42. The molecule has 0 N–H and O–H groups in total.